The van der Waals surface area contributed by atoms with Crippen LogP contribution in [0, 0.1) is 0 Å². The Bertz CT molecular complexity index is 1180. The summed E-state index contributed by atoms with van der Waals surface area (Å²) in [6.07, 6.45) is 7.07. The highest BCUT2D eigenvalue weighted by molar-refractivity contribution is 7.99. The van der Waals surface area contributed by atoms with Crippen molar-refractivity contribution < 1.29 is 14.0 Å². The van der Waals surface area contributed by atoms with Crippen molar-refractivity contribution in [3.05, 3.63) is 54.0 Å². The maximum atomic E-state index is 13.2. The molecule has 1 aliphatic carbocycles. The number of carbonyl (C=O) groups is 2. The fourth-order valence-electron chi connectivity index (χ4n) is 4.55. The highest BCUT2D eigenvalue weighted by Gasteiger charge is 2.23. The van der Waals surface area contributed by atoms with E-state index in [4.69, 9.17) is 4.42 Å². The minimum absolute atomic E-state index is 0.000778. The minimum atomic E-state index is -0.153. The van der Waals surface area contributed by atoms with Crippen LogP contribution in [0.5, 0.6) is 0 Å². The molecule has 2 aromatic heterocycles. The average Bonchev–Trinajstić information content (AvgIpc) is 3.52. The molecule has 1 N–H and O–H groups in total. The van der Waals surface area contributed by atoms with E-state index < -0.39 is 0 Å². The molecule has 0 spiro atoms. The lowest BCUT2D eigenvalue weighted by Crippen LogP contribution is -2.45. The van der Waals surface area contributed by atoms with Gasteiger partial charge in [0.25, 0.3) is 0 Å². The number of rotatable bonds is 9. The van der Waals surface area contributed by atoms with Gasteiger partial charge >= 0.3 is 0 Å². The molecule has 8 nitrogen and oxygen atoms in total. The van der Waals surface area contributed by atoms with Crippen molar-refractivity contribution in [2.45, 2.75) is 76.0 Å². The van der Waals surface area contributed by atoms with E-state index in [1.807, 2.05) is 17.7 Å². The second-order valence-electron chi connectivity index (χ2n) is 10.7. The summed E-state index contributed by atoms with van der Waals surface area (Å²) in [6.45, 7) is 6.80. The van der Waals surface area contributed by atoms with E-state index in [0.29, 0.717) is 10.9 Å². The molecular formula is C28H37N5O3S. The molecular weight excluding hydrogens is 486 g/mol. The molecule has 4 rings (SSSR count). The van der Waals surface area contributed by atoms with Gasteiger partial charge in [0, 0.05) is 18.7 Å². The van der Waals surface area contributed by atoms with Crippen LogP contribution in [0.15, 0.2) is 52.2 Å². The first kappa shape index (κ1) is 27.0. The zero-order valence-electron chi connectivity index (χ0n) is 22.2. The molecule has 9 heteroatoms. The van der Waals surface area contributed by atoms with Gasteiger partial charge in [-0.25, -0.2) is 0 Å². The molecule has 0 radical (unpaired) electrons. The van der Waals surface area contributed by atoms with Gasteiger partial charge < -0.3 is 19.2 Å². The standard InChI is InChI=1S/C28H37N5O3S/c1-28(2,3)21-14-12-20(13-15-21)26-30-31-27(32(26)4)37-19-25(35)33(17-23-11-8-16-36-23)18-24(34)29-22-9-6-5-7-10-22/h8,11-16,22H,5-7,9-10,17-19H2,1-4H3,(H,29,34). The first-order chi connectivity index (χ1) is 17.7. The van der Waals surface area contributed by atoms with Crippen molar-refractivity contribution in [3.8, 4) is 11.4 Å². The quantitative estimate of drug-likeness (QED) is 0.399. The van der Waals surface area contributed by atoms with Gasteiger partial charge in [0.05, 0.1) is 18.6 Å². The number of amides is 2. The highest BCUT2D eigenvalue weighted by Crippen LogP contribution is 2.27. The van der Waals surface area contributed by atoms with Crippen LogP contribution in [-0.2, 0) is 28.6 Å². The second-order valence-corrected chi connectivity index (χ2v) is 11.7. The van der Waals surface area contributed by atoms with Crippen molar-refractivity contribution in [1.82, 2.24) is 25.0 Å². The van der Waals surface area contributed by atoms with Crippen LogP contribution >= 0.6 is 11.8 Å². The van der Waals surface area contributed by atoms with Crippen molar-refractivity contribution in [2.24, 2.45) is 7.05 Å². The number of benzene rings is 1. The topological polar surface area (TPSA) is 93.3 Å². The summed E-state index contributed by atoms with van der Waals surface area (Å²) in [5, 5.41) is 12.4. The number of furan rings is 1. The average molecular weight is 524 g/mol. The van der Waals surface area contributed by atoms with Crippen molar-refractivity contribution in [1.29, 1.82) is 0 Å². The summed E-state index contributed by atoms with van der Waals surface area (Å²) in [6, 6.07) is 12.1. The molecule has 2 amide bonds. The summed E-state index contributed by atoms with van der Waals surface area (Å²) in [4.78, 5) is 27.5. The number of hydrogen-bond acceptors (Lipinski definition) is 6. The van der Waals surface area contributed by atoms with Crippen LogP contribution in [0.25, 0.3) is 11.4 Å². The molecule has 1 aromatic carbocycles. The number of thioether (sulfide) groups is 1. The van der Waals surface area contributed by atoms with E-state index in [1.54, 1.807) is 17.2 Å². The lowest BCUT2D eigenvalue weighted by molar-refractivity contribution is -0.135. The molecule has 0 bridgehead atoms. The Hall–Kier alpha value is -3.07. The van der Waals surface area contributed by atoms with Gasteiger partial charge in [-0.3, -0.25) is 9.59 Å². The minimum Gasteiger partial charge on any atom is -0.467 e. The Balaban J connectivity index is 1.39. The molecule has 3 aromatic rings. The maximum Gasteiger partial charge on any atom is 0.239 e. The molecule has 1 saturated carbocycles. The maximum absolute atomic E-state index is 13.2. The molecule has 0 unspecified atom stereocenters. The van der Waals surface area contributed by atoms with Crippen LogP contribution in [0.2, 0.25) is 0 Å². The van der Waals surface area contributed by atoms with Crippen LogP contribution in [0.4, 0.5) is 0 Å². The fraction of sp³-hybridized carbons (Fsp3) is 0.500. The Labute approximate surface area is 223 Å². The normalized spacial score (nSPS) is 14.5. The molecule has 37 heavy (non-hydrogen) atoms. The number of aromatic nitrogens is 3. The van der Waals surface area contributed by atoms with E-state index in [0.717, 1.165) is 37.1 Å². The van der Waals surface area contributed by atoms with Crippen LogP contribution in [-0.4, -0.2) is 49.8 Å². The molecule has 0 aliphatic heterocycles. The fourth-order valence-corrected chi connectivity index (χ4v) is 5.36. The second kappa shape index (κ2) is 12.0. The highest BCUT2D eigenvalue weighted by atomic mass is 32.2. The monoisotopic (exact) mass is 523 g/mol. The van der Waals surface area contributed by atoms with Crippen molar-refractivity contribution >= 4 is 23.6 Å². The first-order valence-electron chi connectivity index (χ1n) is 12.9. The van der Waals surface area contributed by atoms with E-state index in [1.165, 1.54) is 23.7 Å². The van der Waals surface area contributed by atoms with Gasteiger partial charge in [-0.1, -0.05) is 76.1 Å². The third-order valence-corrected chi connectivity index (χ3v) is 7.76. The summed E-state index contributed by atoms with van der Waals surface area (Å²) < 4.78 is 7.35. The summed E-state index contributed by atoms with van der Waals surface area (Å²) in [5.41, 5.74) is 2.30. The first-order valence-corrected chi connectivity index (χ1v) is 13.9. The summed E-state index contributed by atoms with van der Waals surface area (Å²) in [5.74, 6) is 1.25. The van der Waals surface area contributed by atoms with Crippen LogP contribution in [0.1, 0.15) is 64.2 Å². The number of nitrogens with zero attached hydrogens (tertiary/aromatic N) is 4. The van der Waals surface area contributed by atoms with E-state index in [2.05, 4.69) is 60.6 Å². The van der Waals surface area contributed by atoms with Gasteiger partial charge in [-0.15, -0.1) is 10.2 Å². The zero-order valence-corrected chi connectivity index (χ0v) is 23.0. The van der Waals surface area contributed by atoms with Crippen molar-refractivity contribution in [3.63, 3.8) is 0 Å². The summed E-state index contributed by atoms with van der Waals surface area (Å²) >= 11 is 1.32. The molecule has 0 saturated heterocycles. The molecule has 0 atom stereocenters. The third kappa shape index (κ3) is 7.25. The number of nitrogens with one attached hydrogen (secondary N) is 1. The molecule has 1 aliphatic rings. The smallest absolute Gasteiger partial charge is 0.239 e. The predicted octanol–water partition coefficient (Wildman–Crippen LogP) is 4.94. The van der Waals surface area contributed by atoms with Gasteiger partial charge in [0.15, 0.2) is 11.0 Å². The largest absolute Gasteiger partial charge is 0.467 e. The number of hydrogen-bond donors (Lipinski definition) is 1. The molecule has 2 heterocycles. The van der Waals surface area contributed by atoms with Gasteiger partial charge in [-0.2, -0.15) is 0 Å². The Morgan fingerprint density at radius 3 is 2.49 bits per heavy atom. The van der Waals surface area contributed by atoms with E-state index in [9.17, 15) is 9.59 Å². The van der Waals surface area contributed by atoms with Gasteiger partial charge in [0.2, 0.25) is 11.8 Å². The molecule has 1 fully saturated rings. The number of carbonyl (C=O) groups excluding carboxylic acids is 2. The van der Waals surface area contributed by atoms with Crippen LogP contribution < -0.4 is 5.32 Å². The Kier molecular flexibility index (Phi) is 8.74. The zero-order chi connectivity index (χ0) is 26.4. The SMILES string of the molecule is Cn1c(SCC(=O)N(CC(=O)NC2CCCCC2)Cc2ccco2)nnc1-c1ccc(C(C)(C)C)cc1. The van der Waals surface area contributed by atoms with Crippen molar-refractivity contribution in [2.75, 3.05) is 12.3 Å². The van der Waals surface area contributed by atoms with E-state index >= 15 is 0 Å². The van der Waals surface area contributed by atoms with E-state index in [-0.39, 0.29) is 42.1 Å². The van der Waals surface area contributed by atoms with Crippen LogP contribution in [0.3, 0.4) is 0 Å². The lowest BCUT2D eigenvalue weighted by Gasteiger charge is -2.25. The third-order valence-electron chi connectivity index (χ3n) is 6.75. The summed E-state index contributed by atoms with van der Waals surface area (Å²) in [7, 11) is 1.90. The predicted molar refractivity (Wildman–Crippen MR) is 145 cm³/mol. The Morgan fingerprint density at radius 2 is 1.84 bits per heavy atom. The molecule has 198 valence electrons. The van der Waals surface area contributed by atoms with Gasteiger partial charge in [0.1, 0.15) is 12.3 Å². The van der Waals surface area contributed by atoms with Gasteiger partial charge in [-0.05, 0) is 36.0 Å². The lowest BCUT2D eigenvalue weighted by atomic mass is 9.87. The Morgan fingerprint density at radius 1 is 1.11 bits per heavy atom.